The first-order valence-electron chi connectivity index (χ1n) is 11.1. The average molecular weight is 367 g/mol. The predicted molar refractivity (Wildman–Crippen MR) is 107 cm³/mol. The lowest BCUT2D eigenvalue weighted by Crippen LogP contribution is -2.61. The van der Waals surface area contributed by atoms with Crippen LogP contribution in [0, 0.1) is 28.6 Å². The fourth-order valence-corrected chi connectivity index (χ4v) is 8.29. The quantitative estimate of drug-likeness (QED) is 0.698. The van der Waals surface area contributed by atoms with Gasteiger partial charge in [-0.1, -0.05) is 13.8 Å². The van der Waals surface area contributed by atoms with Gasteiger partial charge in [-0.05, 0) is 97.1 Å². The number of pyridine rings is 1. The number of carbonyl (C=O) groups is 1. The van der Waals surface area contributed by atoms with Crippen molar-refractivity contribution in [2.24, 2.45) is 28.6 Å². The van der Waals surface area contributed by atoms with Crippen LogP contribution in [0.3, 0.4) is 0 Å². The van der Waals surface area contributed by atoms with Gasteiger partial charge in [-0.25, -0.2) is 0 Å². The van der Waals surface area contributed by atoms with Gasteiger partial charge in [0.1, 0.15) is 0 Å². The molecule has 146 valence electrons. The van der Waals surface area contributed by atoms with Gasteiger partial charge in [-0.15, -0.1) is 0 Å². The molecule has 0 spiro atoms. The van der Waals surface area contributed by atoms with Crippen LogP contribution in [0.2, 0.25) is 0 Å². The van der Waals surface area contributed by atoms with Crippen molar-refractivity contribution in [3.05, 3.63) is 30.1 Å². The zero-order valence-electron chi connectivity index (χ0n) is 17.2. The van der Waals surface area contributed by atoms with Crippen LogP contribution in [0.15, 0.2) is 24.5 Å². The highest BCUT2D eigenvalue weighted by atomic mass is 16.2. The van der Waals surface area contributed by atoms with Crippen molar-refractivity contribution < 1.29 is 4.79 Å². The van der Waals surface area contributed by atoms with Gasteiger partial charge in [0.25, 0.3) is 0 Å². The molecule has 2 unspecified atom stereocenters. The number of nitrogens with zero attached hydrogens (tertiary/aromatic N) is 2. The summed E-state index contributed by atoms with van der Waals surface area (Å²) in [7, 11) is 2.06. The van der Waals surface area contributed by atoms with E-state index in [-0.39, 0.29) is 0 Å². The number of aromatic nitrogens is 1. The summed E-state index contributed by atoms with van der Waals surface area (Å²) in [6, 6.07) is 4.98. The van der Waals surface area contributed by atoms with Crippen molar-refractivity contribution in [1.29, 1.82) is 0 Å². The standard InChI is InChI=1S/C24H34N2O/c1-23-12-8-20-17(4-7-21-24(20,2)13-9-22(27)26(21)3)19(23)6-5-18(23)16-10-14-25-15-11-16/h10-11,14-15,17-21H,4-9,12-13H2,1-3H3/t17-,18?,19-,20+,21?,23+,24+/m0/s1. The largest absolute Gasteiger partial charge is 0.342 e. The Morgan fingerprint density at radius 1 is 0.963 bits per heavy atom. The van der Waals surface area contributed by atoms with Crippen molar-refractivity contribution in [1.82, 2.24) is 9.88 Å². The molecule has 3 aliphatic carbocycles. The Morgan fingerprint density at radius 3 is 2.48 bits per heavy atom. The maximum absolute atomic E-state index is 12.3. The van der Waals surface area contributed by atoms with E-state index in [0.717, 1.165) is 30.6 Å². The Bertz CT molecular complexity index is 733. The summed E-state index contributed by atoms with van der Waals surface area (Å²) < 4.78 is 0. The molecular formula is C24H34N2O. The van der Waals surface area contributed by atoms with Crippen LogP contribution in [0.5, 0.6) is 0 Å². The maximum Gasteiger partial charge on any atom is 0.222 e. The monoisotopic (exact) mass is 366 g/mol. The highest BCUT2D eigenvalue weighted by Crippen LogP contribution is 2.67. The van der Waals surface area contributed by atoms with Crippen molar-refractivity contribution in [2.45, 2.75) is 77.2 Å². The molecule has 1 aliphatic heterocycles. The molecule has 4 fully saturated rings. The lowest BCUT2D eigenvalue weighted by molar-refractivity contribution is -0.157. The Hall–Kier alpha value is -1.38. The van der Waals surface area contributed by atoms with Gasteiger partial charge >= 0.3 is 0 Å². The van der Waals surface area contributed by atoms with Crippen molar-refractivity contribution in [3.8, 4) is 0 Å². The van der Waals surface area contributed by atoms with Crippen LogP contribution >= 0.6 is 0 Å². The van der Waals surface area contributed by atoms with E-state index < -0.39 is 0 Å². The number of carbonyl (C=O) groups excluding carboxylic acids is 1. The second kappa shape index (κ2) is 6.06. The van der Waals surface area contributed by atoms with E-state index in [2.05, 4.69) is 42.9 Å². The van der Waals surface area contributed by atoms with Gasteiger partial charge in [0.2, 0.25) is 5.91 Å². The minimum Gasteiger partial charge on any atom is -0.342 e. The molecule has 0 aromatic carbocycles. The number of hydrogen-bond acceptors (Lipinski definition) is 2. The minimum absolute atomic E-state index is 0.335. The SMILES string of the molecule is CN1C(=O)CC[C@@]2(C)C1CC[C@@H]1[C@H]2CC[C@]2(C)C(c3ccncc3)CC[C@@H]12. The third-order valence-electron chi connectivity index (χ3n) is 9.67. The third-order valence-corrected chi connectivity index (χ3v) is 9.67. The van der Waals surface area contributed by atoms with Crippen molar-refractivity contribution in [3.63, 3.8) is 0 Å². The van der Waals surface area contributed by atoms with Gasteiger partial charge in [0.05, 0.1) is 0 Å². The molecule has 1 saturated heterocycles. The summed E-state index contributed by atoms with van der Waals surface area (Å²) in [5, 5.41) is 0. The molecule has 1 aromatic rings. The number of hydrogen-bond donors (Lipinski definition) is 0. The number of rotatable bonds is 1. The molecule has 5 rings (SSSR count). The lowest BCUT2D eigenvalue weighted by Gasteiger charge is -2.61. The fraction of sp³-hybridized carbons (Fsp3) is 0.750. The van der Waals surface area contributed by atoms with Gasteiger partial charge < -0.3 is 4.90 Å². The molecule has 3 heteroatoms. The summed E-state index contributed by atoms with van der Waals surface area (Å²) in [6.07, 6.45) is 13.8. The van der Waals surface area contributed by atoms with E-state index in [1.807, 2.05) is 12.4 Å². The number of piperidine rings is 1. The highest BCUT2D eigenvalue weighted by Gasteiger charge is 2.61. The Balaban J connectivity index is 1.45. The van der Waals surface area contributed by atoms with Crippen molar-refractivity contribution in [2.75, 3.05) is 7.05 Å². The second-order valence-electron chi connectivity index (χ2n) is 10.4. The van der Waals surface area contributed by atoms with Gasteiger partial charge in [-0.2, -0.15) is 0 Å². The van der Waals surface area contributed by atoms with Gasteiger partial charge in [0.15, 0.2) is 0 Å². The van der Waals surface area contributed by atoms with Gasteiger partial charge in [-0.3, -0.25) is 9.78 Å². The summed E-state index contributed by atoms with van der Waals surface area (Å²) >= 11 is 0. The van der Waals surface area contributed by atoms with E-state index in [1.54, 1.807) is 0 Å². The fourth-order valence-electron chi connectivity index (χ4n) is 8.29. The van der Waals surface area contributed by atoms with E-state index in [9.17, 15) is 4.79 Å². The molecule has 7 atom stereocenters. The Morgan fingerprint density at radius 2 is 1.70 bits per heavy atom. The maximum atomic E-state index is 12.3. The molecule has 4 aliphatic rings. The molecule has 1 aromatic heterocycles. The van der Waals surface area contributed by atoms with Crippen molar-refractivity contribution >= 4 is 5.91 Å². The molecular weight excluding hydrogens is 332 g/mol. The van der Waals surface area contributed by atoms with E-state index in [4.69, 9.17) is 0 Å². The summed E-state index contributed by atoms with van der Waals surface area (Å²) in [4.78, 5) is 18.7. The first-order chi connectivity index (χ1) is 12.9. The molecule has 3 saturated carbocycles. The number of likely N-dealkylation sites (tertiary alicyclic amines) is 1. The Kier molecular flexibility index (Phi) is 3.97. The Labute approximate surface area is 163 Å². The van der Waals surface area contributed by atoms with Gasteiger partial charge in [0, 0.05) is 31.9 Å². The van der Waals surface area contributed by atoms with E-state index >= 15 is 0 Å². The zero-order valence-corrected chi connectivity index (χ0v) is 17.2. The number of fused-ring (bicyclic) bond motifs is 5. The van der Waals surface area contributed by atoms with E-state index in [1.165, 1.54) is 44.1 Å². The normalized spacial score (nSPS) is 46.6. The minimum atomic E-state index is 0.335. The van der Waals surface area contributed by atoms with Crippen LogP contribution in [0.4, 0.5) is 0 Å². The summed E-state index contributed by atoms with van der Waals surface area (Å²) in [6.45, 7) is 5.12. The first-order valence-corrected chi connectivity index (χ1v) is 11.1. The van der Waals surface area contributed by atoms with Crippen LogP contribution in [0.1, 0.15) is 76.7 Å². The van der Waals surface area contributed by atoms with Crippen LogP contribution in [-0.4, -0.2) is 28.9 Å². The average Bonchev–Trinajstić information content (AvgIpc) is 3.03. The lowest BCUT2D eigenvalue weighted by atomic mass is 9.46. The molecule has 1 amide bonds. The molecule has 27 heavy (non-hydrogen) atoms. The third kappa shape index (κ3) is 2.39. The molecule has 3 nitrogen and oxygen atoms in total. The predicted octanol–water partition coefficient (Wildman–Crippen LogP) is 5.03. The molecule has 2 heterocycles. The summed E-state index contributed by atoms with van der Waals surface area (Å²) in [5.41, 5.74) is 2.29. The van der Waals surface area contributed by atoms with E-state index in [0.29, 0.717) is 28.7 Å². The zero-order chi connectivity index (χ0) is 18.8. The summed E-state index contributed by atoms with van der Waals surface area (Å²) in [5.74, 6) is 3.59. The smallest absolute Gasteiger partial charge is 0.222 e. The number of amides is 1. The molecule has 0 bridgehead atoms. The highest BCUT2D eigenvalue weighted by molar-refractivity contribution is 5.77. The van der Waals surface area contributed by atoms with Crippen LogP contribution < -0.4 is 0 Å². The molecule has 0 radical (unpaired) electrons. The second-order valence-corrected chi connectivity index (χ2v) is 10.4. The van der Waals surface area contributed by atoms with Crippen LogP contribution in [-0.2, 0) is 4.79 Å². The topological polar surface area (TPSA) is 33.2 Å². The molecule has 0 N–H and O–H groups in total. The van der Waals surface area contributed by atoms with Crippen LogP contribution in [0.25, 0.3) is 0 Å². The first kappa shape index (κ1) is 17.7.